The molecule has 0 aliphatic rings. The highest BCUT2D eigenvalue weighted by Crippen LogP contribution is 1.73. The topological polar surface area (TPSA) is 43.1 Å². The van der Waals surface area contributed by atoms with Crippen LogP contribution in [0.4, 0.5) is 4.39 Å². The fraction of sp³-hybridized carbons (Fsp3) is 0.250. The highest BCUT2D eigenvalue weighted by atomic mass is 19.1. The first-order valence-corrected chi connectivity index (χ1v) is 1.83. The summed E-state index contributed by atoms with van der Waals surface area (Å²) in [7, 11) is 0. The number of rotatable bonds is 2. The van der Waals surface area contributed by atoms with Gasteiger partial charge >= 0.3 is 6.04 Å². The molecule has 0 atom stereocenters. The lowest BCUT2D eigenvalue weighted by molar-refractivity contribution is -0.124. The van der Waals surface area contributed by atoms with Crippen LogP contribution in [0.1, 0.15) is 0 Å². The van der Waals surface area contributed by atoms with Crippen molar-refractivity contribution in [1.82, 2.24) is 0 Å². The minimum Gasteiger partial charge on any atom is -0.327 e. The molecule has 0 spiro atoms. The minimum absolute atomic E-state index is 0.204. The second kappa shape index (κ2) is 3.49. The van der Waals surface area contributed by atoms with E-state index in [0.717, 1.165) is 6.08 Å². The normalized spacial score (nSPS) is 10.0. The van der Waals surface area contributed by atoms with Gasteiger partial charge in [-0.2, -0.15) is 4.39 Å². The monoisotopic (exact) mass is 103 g/mol. The predicted molar refractivity (Wildman–Crippen MR) is 24.3 cm³/mol. The number of carbonyl (C=O) groups is 1. The lowest BCUT2D eigenvalue weighted by Gasteiger charge is -1.71. The smallest absolute Gasteiger partial charge is 0.324 e. The number of hydrogen-bond acceptors (Lipinski definition) is 2. The molecule has 7 heavy (non-hydrogen) atoms. The van der Waals surface area contributed by atoms with Crippen molar-refractivity contribution in [3.05, 3.63) is 12.2 Å². The van der Waals surface area contributed by atoms with Crippen molar-refractivity contribution in [3.63, 3.8) is 0 Å². The summed E-state index contributed by atoms with van der Waals surface area (Å²) in [6.07, 6.45) is 2.04. The van der Waals surface area contributed by atoms with Crippen molar-refractivity contribution in [2.24, 2.45) is 5.73 Å². The summed E-state index contributed by atoms with van der Waals surface area (Å²) in [5, 5.41) is 0. The van der Waals surface area contributed by atoms with E-state index in [9.17, 15) is 9.18 Å². The Morgan fingerprint density at radius 1 is 1.86 bits per heavy atom. The molecule has 0 radical (unpaired) electrons. The van der Waals surface area contributed by atoms with Crippen molar-refractivity contribution in [2.75, 3.05) is 6.54 Å². The van der Waals surface area contributed by atoms with Gasteiger partial charge in [0.05, 0.1) is 0 Å². The largest absolute Gasteiger partial charge is 0.327 e. The van der Waals surface area contributed by atoms with Gasteiger partial charge in [0.15, 0.2) is 0 Å². The first-order chi connectivity index (χ1) is 3.27. The summed E-state index contributed by atoms with van der Waals surface area (Å²) in [5.41, 5.74) is 4.87. The Kier molecular flexibility index (Phi) is 3.14. The third-order valence-electron chi connectivity index (χ3n) is 0.385. The Bertz CT molecular complexity index is 89.7. The molecule has 0 aliphatic carbocycles. The molecule has 0 bridgehead atoms. The molecule has 2 N–H and O–H groups in total. The number of nitrogens with two attached hydrogens (primary N) is 1. The average molecular weight is 103 g/mol. The molecule has 0 amide bonds. The van der Waals surface area contributed by atoms with Crippen LogP contribution in [-0.4, -0.2) is 12.6 Å². The molecule has 0 aromatic heterocycles. The molecular weight excluding hydrogens is 97.0 g/mol. The summed E-state index contributed by atoms with van der Waals surface area (Å²) in [4.78, 5) is 9.39. The molecule has 0 aliphatic heterocycles. The van der Waals surface area contributed by atoms with Crippen molar-refractivity contribution < 1.29 is 9.18 Å². The van der Waals surface area contributed by atoms with Crippen LogP contribution in [0.15, 0.2) is 12.2 Å². The van der Waals surface area contributed by atoms with Crippen LogP contribution in [0.2, 0.25) is 0 Å². The van der Waals surface area contributed by atoms with E-state index >= 15 is 0 Å². The zero-order chi connectivity index (χ0) is 5.70. The van der Waals surface area contributed by atoms with E-state index in [4.69, 9.17) is 5.73 Å². The van der Waals surface area contributed by atoms with Crippen molar-refractivity contribution in [3.8, 4) is 0 Å². The molecule has 0 saturated heterocycles. The van der Waals surface area contributed by atoms with Crippen molar-refractivity contribution >= 4 is 6.04 Å². The first-order valence-electron chi connectivity index (χ1n) is 1.83. The molecule has 0 saturated carbocycles. The summed E-state index contributed by atoms with van der Waals surface area (Å²) < 4.78 is 11.1. The fourth-order valence-electron chi connectivity index (χ4n) is 0.161. The number of halogens is 1. The number of hydrogen-bond donors (Lipinski definition) is 1. The summed E-state index contributed by atoms with van der Waals surface area (Å²) in [6.45, 7) is 0.204. The van der Waals surface area contributed by atoms with Gasteiger partial charge in [-0.1, -0.05) is 6.08 Å². The van der Waals surface area contributed by atoms with E-state index in [1.54, 1.807) is 0 Å². The Balaban J connectivity index is 3.26. The molecule has 3 heteroatoms. The standard InChI is InChI=1S/C4H6FNO/c5-4(7)2-1-3-6/h1-2H,3,6H2/b2-1+. The van der Waals surface area contributed by atoms with Crippen LogP contribution in [0.3, 0.4) is 0 Å². The zero-order valence-corrected chi connectivity index (χ0v) is 3.73. The Labute approximate surface area is 40.8 Å². The molecule has 0 heterocycles. The third kappa shape index (κ3) is 5.30. The van der Waals surface area contributed by atoms with Crippen LogP contribution in [-0.2, 0) is 4.79 Å². The molecule has 0 fully saturated rings. The predicted octanol–water partition coefficient (Wildman–Crippen LogP) is -0.00260. The van der Waals surface area contributed by atoms with Crippen LogP contribution in [0.5, 0.6) is 0 Å². The van der Waals surface area contributed by atoms with E-state index in [2.05, 4.69) is 0 Å². The summed E-state index contributed by atoms with van der Waals surface area (Å²) >= 11 is 0. The van der Waals surface area contributed by atoms with Gasteiger partial charge in [0.2, 0.25) is 0 Å². The molecule has 2 nitrogen and oxygen atoms in total. The molecular formula is C4H6FNO. The molecule has 40 valence electrons. The quantitative estimate of drug-likeness (QED) is 0.394. The maximum Gasteiger partial charge on any atom is 0.324 e. The molecule has 0 unspecified atom stereocenters. The number of allylic oxidation sites excluding steroid dienone is 1. The molecule has 0 aromatic rings. The highest BCUT2D eigenvalue weighted by Gasteiger charge is 1.81. The second-order valence-corrected chi connectivity index (χ2v) is 0.942. The van der Waals surface area contributed by atoms with E-state index in [1.165, 1.54) is 6.08 Å². The lowest BCUT2D eigenvalue weighted by Crippen LogP contribution is -1.93. The van der Waals surface area contributed by atoms with Gasteiger partial charge in [-0.05, 0) is 0 Å². The summed E-state index contributed by atoms with van der Waals surface area (Å²) in [6, 6.07) is -1.45. The Morgan fingerprint density at radius 3 is 2.57 bits per heavy atom. The SMILES string of the molecule is NC/C=C/C(=O)F. The van der Waals surface area contributed by atoms with Crippen molar-refractivity contribution in [2.45, 2.75) is 0 Å². The summed E-state index contributed by atoms with van der Waals surface area (Å²) in [5.74, 6) is 0. The Morgan fingerprint density at radius 2 is 2.43 bits per heavy atom. The zero-order valence-electron chi connectivity index (χ0n) is 3.73. The van der Waals surface area contributed by atoms with Gasteiger partial charge in [0, 0.05) is 12.6 Å². The average Bonchev–Trinajstić information content (AvgIpc) is 1.61. The van der Waals surface area contributed by atoms with E-state index < -0.39 is 6.04 Å². The van der Waals surface area contributed by atoms with Crippen molar-refractivity contribution in [1.29, 1.82) is 0 Å². The number of carbonyl (C=O) groups excluding carboxylic acids is 1. The van der Waals surface area contributed by atoms with Gasteiger partial charge in [0.1, 0.15) is 0 Å². The highest BCUT2D eigenvalue weighted by molar-refractivity contribution is 5.80. The maximum atomic E-state index is 11.1. The van der Waals surface area contributed by atoms with Crippen LogP contribution >= 0.6 is 0 Å². The van der Waals surface area contributed by atoms with Crippen LogP contribution in [0.25, 0.3) is 0 Å². The van der Waals surface area contributed by atoms with E-state index in [1.807, 2.05) is 0 Å². The van der Waals surface area contributed by atoms with E-state index in [-0.39, 0.29) is 6.54 Å². The lowest BCUT2D eigenvalue weighted by atomic mass is 10.5. The van der Waals surface area contributed by atoms with Gasteiger partial charge in [-0.3, -0.25) is 4.79 Å². The third-order valence-corrected chi connectivity index (χ3v) is 0.385. The van der Waals surface area contributed by atoms with Gasteiger partial charge in [-0.15, -0.1) is 0 Å². The second-order valence-electron chi connectivity index (χ2n) is 0.942. The van der Waals surface area contributed by atoms with Gasteiger partial charge in [-0.25, -0.2) is 0 Å². The van der Waals surface area contributed by atoms with Gasteiger partial charge < -0.3 is 5.73 Å². The molecule has 0 aromatic carbocycles. The molecule has 0 rings (SSSR count). The first kappa shape index (κ1) is 6.30. The fourth-order valence-corrected chi connectivity index (χ4v) is 0.161. The van der Waals surface area contributed by atoms with Gasteiger partial charge in [0.25, 0.3) is 0 Å². The minimum atomic E-state index is -1.45. The van der Waals surface area contributed by atoms with Crippen LogP contribution in [0, 0.1) is 0 Å². The Hall–Kier alpha value is -0.700. The van der Waals surface area contributed by atoms with Crippen LogP contribution < -0.4 is 5.73 Å². The van der Waals surface area contributed by atoms with E-state index in [0.29, 0.717) is 0 Å². The maximum absolute atomic E-state index is 11.1.